The van der Waals surface area contributed by atoms with Gasteiger partial charge in [0.05, 0.1) is 25.3 Å². The van der Waals surface area contributed by atoms with Gasteiger partial charge in [-0.25, -0.2) is 9.59 Å². The molecule has 0 fully saturated rings. The molecule has 0 aliphatic heterocycles. The molecule has 9 heteroatoms. The number of carbonyl (C=O) groups is 2. The Morgan fingerprint density at radius 1 is 1.04 bits per heavy atom. The first-order valence-corrected chi connectivity index (χ1v) is 7.54. The van der Waals surface area contributed by atoms with Crippen LogP contribution in [-0.2, 0) is 22.2 Å². The number of anilines is 1. The second kappa shape index (κ2) is 7.94. The van der Waals surface area contributed by atoms with Crippen molar-refractivity contribution < 1.29 is 32.2 Å². The summed E-state index contributed by atoms with van der Waals surface area (Å²) >= 11 is 0. The molecule has 6 nitrogen and oxygen atoms in total. The number of nitrogens with one attached hydrogen (secondary N) is 1. The van der Waals surface area contributed by atoms with E-state index in [9.17, 15) is 22.8 Å². The largest absolute Gasteiger partial charge is 0.465 e. The molecule has 0 atom stereocenters. The van der Waals surface area contributed by atoms with E-state index < -0.39 is 23.7 Å². The van der Waals surface area contributed by atoms with Crippen molar-refractivity contribution in [2.45, 2.75) is 12.7 Å². The smallest absolute Gasteiger partial charge is 0.416 e. The molecular weight excluding hydrogens is 353 g/mol. The van der Waals surface area contributed by atoms with Gasteiger partial charge in [0, 0.05) is 25.0 Å². The van der Waals surface area contributed by atoms with E-state index in [0.717, 1.165) is 12.1 Å². The molecule has 0 aliphatic carbocycles. The van der Waals surface area contributed by atoms with Gasteiger partial charge in [-0.05, 0) is 30.3 Å². The minimum Gasteiger partial charge on any atom is -0.465 e. The van der Waals surface area contributed by atoms with E-state index in [1.807, 2.05) is 0 Å². The number of hydrogen-bond acceptors (Lipinski definition) is 5. The maximum absolute atomic E-state index is 12.5. The van der Waals surface area contributed by atoms with Gasteiger partial charge in [-0.3, -0.25) is 0 Å². The Hall–Kier alpha value is -2.97. The summed E-state index contributed by atoms with van der Waals surface area (Å²) in [7, 11) is 2.40. The minimum atomic E-state index is -4.39. The summed E-state index contributed by atoms with van der Waals surface area (Å²) in [6, 6.07) is 6.04. The van der Waals surface area contributed by atoms with E-state index in [1.54, 1.807) is 0 Å². The molecule has 1 N–H and O–H groups in total. The quantitative estimate of drug-likeness (QED) is 0.791. The number of carbonyl (C=O) groups excluding carboxylic acids is 2. The Bertz CT molecular complexity index is 782. The Labute approximate surface area is 147 Å². The number of aromatic nitrogens is 1. The highest BCUT2D eigenvalue weighted by Crippen LogP contribution is 2.29. The highest BCUT2D eigenvalue weighted by atomic mass is 19.4. The number of benzene rings is 1. The highest BCUT2D eigenvalue weighted by Gasteiger charge is 2.30. The fraction of sp³-hybridized carbons (Fsp3) is 0.294. The molecule has 0 amide bonds. The van der Waals surface area contributed by atoms with Crippen LogP contribution >= 0.6 is 0 Å². The standard InChI is InChI=1S/C17H17F3N2O4/c1-25-15(23)13-7-9-22(14(13)16(24)26-2)10-8-21-12-5-3-11(4-6-12)17(18,19)20/h3-7,9,21H,8,10H2,1-2H3. The van der Waals surface area contributed by atoms with Crippen LogP contribution in [0.2, 0.25) is 0 Å². The first-order valence-electron chi connectivity index (χ1n) is 7.54. The van der Waals surface area contributed by atoms with Gasteiger partial charge in [-0.2, -0.15) is 13.2 Å². The van der Waals surface area contributed by atoms with Gasteiger partial charge >= 0.3 is 18.1 Å². The van der Waals surface area contributed by atoms with Crippen LogP contribution < -0.4 is 5.32 Å². The van der Waals surface area contributed by atoms with Crippen LogP contribution in [0.15, 0.2) is 36.5 Å². The van der Waals surface area contributed by atoms with Crippen molar-refractivity contribution in [1.82, 2.24) is 4.57 Å². The lowest BCUT2D eigenvalue weighted by molar-refractivity contribution is -0.137. The summed E-state index contributed by atoms with van der Waals surface area (Å²) in [5.41, 5.74) is -0.107. The molecule has 0 radical (unpaired) electrons. The second-order valence-corrected chi connectivity index (χ2v) is 5.26. The molecule has 0 aliphatic rings. The molecule has 0 spiro atoms. The maximum Gasteiger partial charge on any atom is 0.416 e. The van der Waals surface area contributed by atoms with Crippen molar-refractivity contribution in [3.63, 3.8) is 0 Å². The Kier molecular flexibility index (Phi) is 5.91. The molecule has 1 aromatic heterocycles. The van der Waals surface area contributed by atoms with Crippen molar-refractivity contribution >= 4 is 17.6 Å². The van der Waals surface area contributed by atoms with Gasteiger partial charge in [0.25, 0.3) is 0 Å². The summed E-state index contributed by atoms with van der Waals surface area (Å²) in [6.07, 6.45) is -2.85. The lowest BCUT2D eigenvalue weighted by Gasteiger charge is -2.12. The summed E-state index contributed by atoms with van der Waals surface area (Å²) < 4.78 is 48.4. The molecule has 0 bridgehead atoms. The number of alkyl halides is 3. The molecule has 2 rings (SSSR count). The lowest BCUT2D eigenvalue weighted by atomic mass is 10.2. The average Bonchev–Trinajstić information content (AvgIpc) is 3.04. The predicted molar refractivity (Wildman–Crippen MR) is 87.0 cm³/mol. The monoisotopic (exact) mass is 370 g/mol. The zero-order valence-electron chi connectivity index (χ0n) is 14.1. The Balaban J connectivity index is 2.07. The predicted octanol–water partition coefficient (Wildman–Crippen LogP) is 3.19. The minimum absolute atomic E-state index is 0.0496. The molecule has 26 heavy (non-hydrogen) atoms. The first-order chi connectivity index (χ1) is 12.3. The Morgan fingerprint density at radius 3 is 2.19 bits per heavy atom. The van der Waals surface area contributed by atoms with Gasteiger partial charge in [-0.1, -0.05) is 0 Å². The SMILES string of the molecule is COC(=O)c1ccn(CCNc2ccc(C(F)(F)F)cc2)c1C(=O)OC. The zero-order valence-corrected chi connectivity index (χ0v) is 14.1. The topological polar surface area (TPSA) is 69.6 Å². The van der Waals surface area contributed by atoms with E-state index in [0.29, 0.717) is 12.2 Å². The Morgan fingerprint density at radius 2 is 1.65 bits per heavy atom. The zero-order chi connectivity index (χ0) is 19.3. The first kappa shape index (κ1) is 19.4. The van der Waals surface area contributed by atoms with Gasteiger partial charge in [0.2, 0.25) is 0 Å². The number of hydrogen-bond donors (Lipinski definition) is 1. The van der Waals surface area contributed by atoms with E-state index in [1.165, 1.54) is 43.2 Å². The number of ether oxygens (including phenoxy) is 2. The van der Waals surface area contributed by atoms with Gasteiger partial charge in [0.1, 0.15) is 5.69 Å². The fourth-order valence-corrected chi connectivity index (χ4v) is 2.36. The van der Waals surface area contributed by atoms with Crippen LogP contribution in [0, 0.1) is 0 Å². The summed E-state index contributed by atoms with van der Waals surface area (Å²) in [6.45, 7) is 0.590. The average molecular weight is 370 g/mol. The van der Waals surface area contributed by atoms with Crippen LogP contribution in [0.1, 0.15) is 26.4 Å². The molecule has 0 saturated heterocycles. The van der Waals surface area contributed by atoms with Gasteiger partial charge in [0.15, 0.2) is 0 Å². The lowest BCUT2D eigenvalue weighted by Crippen LogP contribution is -2.18. The number of rotatable bonds is 6. The van der Waals surface area contributed by atoms with E-state index >= 15 is 0 Å². The summed E-state index contributed by atoms with van der Waals surface area (Å²) in [5.74, 6) is -1.36. The van der Waals surface area contributed by atoms with Crippen LogP contribution in [0.3, 0.4) is 0 Å². The molecule has 1 aromatic carbocycles. The van der Waals surface area contributed by atoms with Crippen molar-refractivity contribution in [2.75, 3.05) is 26.1 Å². The van der Waals surface area contributed by atoms with Crippen LogP contribution in [-0.4, -0.2) is 37.3 Å². The molecule has 140 valence electrons. The normalized spacial score (nSPS) is 11.1. The van der Waals surface area contributed by atoms with Gasteiger partial charge in [-0.15, -0.1) is 0 Å². The molecule has 0 unspecified atom stereocenters. The van der Waals surface area contributed by atoms with Crippen molar-refractivity contribution in [3.8, 4) is 0 Å². The molecule has 2 aromatic rings. The molecule has 0 saturated carbocycles. The highest BCUT2D eigenvalue weighted by molar-refractivity contribution is 6.02. The number of halogens is 3. The van der Waals surface area contributed by atoms with Crippen molar-refractivity contribution in [1.29, 1.82) is 0 Å². The maximum atomic E-state index is 12.5. The van der Waals surface area contributed by atoms with Crippen LogP contribution in [0.25, 0.3) is 0 Å². The second-order valence-electron chi connectivity index (χ2n) is 5.26. The number of methoxy groups -OCH3 is 2. The summed E-state index contributed by atoms with van der Waals surface area (Å²) in [5, 5.41) is 2.95. The fourth-order valence-electron chi connectivity index (χ4n) is 2.36. The van der Waals surface area contributed by atoms with E-state index in [-0.39, 0.29) is 17.8 Å². The van der Waals surface area contributed by atoms with Gasteiger partial charge < -0.3 is 19.4 Å². The third kappa shape index (κ3) is 4.35. The summed E-state index contributed by atoms with van der Waals surface area (Å²) in [4.78, 5) is 23.6. The number of nitrogens with zero attached hydrogens (tertiary/aromatic N) is 1. The van der Waals surface area contributed by atoms with Crippen molar-refractivity contribution in [3.05, 3.63) is 53.3 Å². The molecular formula is C17H17F3N2O4. The van der Waals surface area contributed by atoms with Crippen LogP contribution in [0.5, 0.6) is 0 Å². The van der Waals surface area contributed by atoms with Crippen LogP contribution in [0.4, 0.5) is 18.9 Å². The third-order valence-electron chi connectivity index (χ3n) is 3.64. The van der Waals surface area contributed by atoms with E-state index in [4.69, 9.17) is 0 Å². The van der Waals surface area contributed by atoms with E-state index in [2.05, 4.69) is 14.8 Å². The molecule has 1 heterocycles. The number of esters is 2. The van der Waals surface area contributed by atoms with Crippen molar-refractivity contribution in [2.24, 2.45) is 0 Å². The third-order valence-corrected chi connectivity index (χ3v) is 3.64.